The van der Waals surface area contributed by atoms with Crippen LogP contribution < -0.4 is 0 Å². The number of carbonyl (C=O) groups excluding carboxylic acids is 1. The van der Waals surface area contributed by atoms with Crippen LogP contribution in [-0.2, 0) is 10.0 Å². The van der Waals surface area contributed by atoms with E-state index in [1.165, 1.54) is 39.5 Å². The molecule has 0 N–H and O–H groups in total. The first-order valence-corrected chi connectivity index (χ1v) is 10.9. The molecule has 0 unspecified atom stereocenters. The highest BCUT2D eigenvalue weighted by Gasteiger charge is 2.32. The lowest BCUT2D eigenvalue weighted by Crippen LogP contribution is -2.50. The maximum absolute atomic E-state index is 12.9. The van der Waals surface area contributed by atoms with Crippen LogP contribution >= 0.6 is 34.8 Å². The molecule has 0 aromatic heterocycles. The van der Waals surface area contributed by atoms with E-state index in [9.17, 15) is 23.3 Å². The van der Waals surface area contributed by atoms with Gasteiger partial charge in [-0.3, -0.25) is 14.9 Å². The van der Waals surface area contributed by atoms with Gasteiger partial charge in [0, 0.05) is 43.3 Å². The van der Waals surface area contributed by atoms with E-state index < -0.39 is 20.9 Å². The Hall–Kier alpha value is -1.91. The number of nitrogens with zero attached hydrogens (tertiary/aromatic N) is 3. The van der Waals surface area contributed by atoms with E-state index in [1.54, 1.807) is 0 Å². The minimum Gasteiger partial charge on any atom is -0.336 e. The lowest BCUT2D eigenvalue weighted by atomic mass is 10.1. The van der Waals surface area contributed by atoms with Gasteiger partial charge in [-0.15, -0.1) is 0 Å². The molecule has 1 heterocycles. The minimum atomic E-state index is -3.87. The quantitative estimate of drug-likeness (QED) is 0.492. The third-order valence-corrected chi connectivity index (χ3v) is 7.36. The maximum Gasteiger partial charge on any atom is 0.270 e. The van der Waals surface area contributed by atoms with Gasteiger partial charge in [-0.25, -0.2) is 8.42 Å². The van der Waals surface area contributed by atoms with Crippen molar-refractivity contribution in [3.05, 3.63) is 67.1 Å². The van der Waals surface area contributed by atoms with Crippen molar-refractivity contribution in [1.82, 2.24) is 9.21 Å². The van der Waals surface area contributed by atoms with Crippen LogP contribution in [0.5, 0.6) is 0 Å². The standard InChI is InChI=1S/C17H14Cl3N3O5S/c18-11-1-4-14(19)16(9-11)29(27,28)22-7-5-21(6-8-22)17(24)13-3-2-12(23(25)26)10-15(13)20/h1-4,9-10H,5-8H2. The zero-order valence-electron chi connectivity index (χ0n) is 14.7. The number of sulfonamides is 1. The third-order valence-electron chi connectivity index (χ3n) is 4.43. The Morgan fingerprint density at radius 1 is 0.966 bits per heavy atom. The molecule has 0 bridgehead atoms. The zero-order chi connectivity index (χ0) is 21.3. The number of nitro benzene ring substituents is 1. The lowest BCUT2D eigenvalue weighted by molar-refractivity contribution is -0.384. The van der Waals surface area contributed by atoms with Crippen molar-refractivity contribution in [2.75, 3.05) is 26.2 Å². The number of rotatable bonds is 4. The Kier molecular flexibility index (Phi) is 6.35. The molecule has 1 aliphatic rings. The SMILES string of the molecule is O=C(c1ccc([N+](=O)[O-])cc1Cl)N1CCN(S(=O)(=O)c2cc(Cl)ccc2Cl)CC1. The number of halogens is 3. The average molecular weight is 479 g/mol. The van der Waals surface area contributed by atoms with Crippen LogP contribution in [-0.4, -0.2) is 54.6 Å². The van der Waals surface area contributed by atoms with Crippen LogP contribution in [0, 0.1) is 10.1 Å². The van der Waals surface area contributed by atoms with Crippen molar-refractivity contribution in [3.8, 4) is 0 Å². The van der Waals surface area contributed by atoms with E-state index in [-0.39, 0.29) is 57.4 Å². The van der Waals surface area contributed by atoms with Crippen LogP contribution in [0.25, 0.3) is 0 Å². The van der Waals surface area contributed by atoms with Crippen LogP contribution in [0.3, 0.4) is 0 Å². The van der Waals surface area contributed by atoms with E-state index in [1.807, 2.05) is 0 Å². The number of hydrogen-bond acceptors (Lipinski definition) is 5. The van der Waals surface area contributed by atoms with Crippen molar-refractivity contribution in [2.24, 2.45) is 0 Å². The largest absolute Gasteiger partial charge is 0.336 e. The maximum atomic E-state index is 12.9. The summed E-state index contributed by atoms with van der Waals surface area (Å²) in [7, 11) is -3.87. The Bertz CT molecular complexity index is 1090. The topological polar surface area (TPSA) is 101 Å². The predicted molar refractivity (Wildman–Crippen MR) is 109 cm³/mol. The summed E-state index contributed by atoms with van der Waals surface area (Å²) in [6.45, 7) is 0.371. The minimum absolute atomic E-state index is 0.0371. The molecule has 154 valence electrons. The van der Waals surface area contributed by atoms with E-state index in [0.29, 0.717) is 0 Å². The van der Waals surface area contributed by atoms with E-state index in [0.717, 1.165) is 6.07 Å². The average Bonchev–Trinajstić information content (AvgIpc) is 2.69. The molecule has 0 atom stereocenters. The molecule has 0 saturated carbocycles. The molecule has 2 aromatic rings. The summed E-state index contributed by atoms with van der Waals surface area (Å²) >= 11 is 17.9. The number of benzene rings is 2. The first kappa shape index (κ1) is 21.8. The van der Waals surface area contributed by atoms with E-state index in [4.69, 9.17) is 34.8 Å². The monoisotopic (exact) mass is 477 g/mol. The van der Waals surface area contributed by atoms with Gasteiger partial charge in [0.05, 0.1) is 20.5 Å². The van der Waals surface area contributed by atoms with E-state index >= 15 is 0 Å². The Balaban J connectivity index is 1.74. The Morgan fingerprint density at radius 2 is 1.62 bits per heavy atom. The first-order valence-electron chi connectivity index (χ1n) is 8.29. The summed E-state index contributed by atoms with van der Waals surface area (Å²) in [4.78, 5) is 24.2. The molecule has 1 saturated heterocycles. The number of piperazine rings is 1. The van der Waals surface area contributed by atoms with Gasteiger partial charge in [0.2, 0.25) is 10.0 Å². The molecule has 8 nitrogen and oxygen atoms in total. The van der Waals surface area contributed by atoms with Gasteiger partial charge < -0.3 is 4.90 Å². The molecule has 1 aliphatic heterocycles. The summed E-state index contributed by atoms with van der Waals surface area (Å²) in [5, 5.41) is 11.1. The van der Waals surface area contributed by atoms with Crippen molar-refractivity contribution in [2.45, 2.75) is 4.90 Å². The Morgan fingerprint density at radius 3 is 2.21 bits per heavy atom. The van der Waals surface area contributed by atoms with Gasteiger partial charge in [0.1, 0.15) is 4.90 Å². The molecule has 0 spiro atoms. The van der Waals surface area contributed by atoms with Crippen molar-refractivity contribution in [3.63, 3.8) is 0 Å². The molecule has 1 amide bonds. The van der Waals surface area contributed by atoms with Gasteiger partial charge in [0.15, 0.2) is 0 Å². The molecule has 2 aromatic carbocycles. The van der Waals surface area contributed by atoms with Gasteiger partial charge in [-0.2, -0.15) is 4.31 Å². The molecule has 12 heteroatoms. The fraction of sp³-hybridized carbons (Fsp3) is 0.235. The molecule has 3 rings (SSSR count). The van der Waals surface area contributed by atoms with Crippen molar-refractivity contribution in [1.29, 1.82) is 0 Å². The summed E-state index contributed by atoms with van der Waals surface area (Å²) < 4.78 is 26.9. The number of amides is 1. The van der Waals surface area contributed by atoms with Gasteiger partial charge in [-0.1, -0.05) is 34.8 Å². The fourth-order valence-corrected chi connectivity index (χ4v) is 5.32. The van der Waals surface area contributed by atoms with Gasteiger partial charge >= 0.3 is 0 Å². The van der Waals surface area contributed by atoms with Crippen molar-refractivity contribution >= 4 is 56.4 Å². The lowest BCUT2D eigenvalue weighted by Gasteiger charge is -2.34. The summed E-state index contributed by atoms with van der Waals surface area (Å²) in [5.41, 5.74) is -0.104. The summed E-state index contributed by atoms with van der Waals surface area (Å²) in [5.74, 6) is -0.428. The second kappa shape index (κ2) is 8.45. The first-order chi connectivity index (χ1) is 13.6. The van der Waals surface area contributed by atoms with Gasteiger partial charge in [0.25, 0.3) is 11.6 Å². The third kappa shape index (κ3) is 4.49. The fourth-order valence-electron chi connectivity index (χ4n) is 2.91. The van der Waals surface area contributed by atoms with Crippen LogP contribution in [0.4, 0.5) is 5.69 Å². The molecule has 0 radical (unpaired) electrons. The number of nitro groups is 1. The second-order valence-electron chi connectivity index (χ2n) is 6.19. The molecule has 1 fully saturated rings. The summed E-state index contributed by atoms with van der Waals surface area (Å²) in [6.07, 6.45) is 0. The second-order valence-corrected chi connectivity index (χ2v) is 9.35. The van der Waals surface area contributed by atoms with Crippen LogP contribution in [0.15, 0.2) is 41.3 Å². The smallest absolute Gasteiger partial charge is 0.270 e. The highest BCUT2D eigenvalue weighted by Crippen LogP contribution is 2.29. The molecular formula is C17H14Cl3N3O5S. The zero-order valence-corrected chi connectivity index (χ0v) is 17.8. The van der Waals surface area contributed by atoms with Crippen LogP contribution in [0.1, 0.15) is 10.4 Å². The predicted octanol–water partition coefficient (Wildman–Crippen LogP) is 3.70. The van der Waals surface area contributed by atoms with Crippen molar-refractivity contribution < 1.29 is 18.1 Å². The highest BCUT2D eigenvalue weighted by molar-refractivity contribution is 7.89. The van der Waals surface area contributed by atoms with Crippen LogP contribution in [0.2, 0.25) is 15.1 Å². The normalized spacial score (nSPS) is 15.3. The molecular weight excluding hydrogens is 465 g/mol. The highest BCUT2D eigenvalue weighted by atomic mass is 35.5. The number of hydrogen-bond donors (Lipinski definition) is 0. The molecule has 0 aliphatic carbocycles. The number of non-ortho nitro benzene ring substituents is 1. The molecule has 29 heavy (non-hydrogen) atoms. The van der Waals surface area contributed by atoms with E-state index in [2.05, 4.69) is 0 Å². The van der Waals surface area contributed by atoms with Gasteiger partial charge in [-0.05, 0) is 24.3 Å². The Labute approximate surface area is 181 Å². The number of carbonyl (C=O) groups is 1. The summed E-state index contributed by atoms with van der Waals surface area (Å²) in [6, 6.07) is 7.78.